The number of nitrogens with zero attached hydrogens (tertiary/aromatic N) is 2. The lowest BCUT2D eigenvalue weighted by molar-refractivity contribution is -0.120. The fraction of sp³-hybridized carbons (Fsp3) is 0.250. The summed E-state index contributed by atoms with van der Waals surface area (Å²) in [5, 5.41) is 11.2. The minimum Gasteiger partial charge on any atom is -0.481 e. The molecular formula is C20H19ClFN3O3S. The molecule has 0 aliphatic rings. The molecule has 1 aromatic heterocycles. The van der Waals surface area contributed by atoms with Gasteiger partial charge >= 0.3 is 0 Å². The average molecular weight is 436 g/mol. The molecule has 1 heterocycles. The van der Waals surface area contributed by atoms with Crippen LogP contribution >= 0.6 is 23.4 Å². The van der Waals surface area contributed by atoms with Crippen LogP contribution in [-0.4, -0.2) is 21.4 Å². The number of rotatable bonds is 8. The zero-order valence-electron chi connectivity index (χ0n) is 15.8. The summed E-state index contributed by atoms with van der Waals surface area (Å²) in [6.07, 6.45) is -0.522. The SMILES string of the molecule is CC(Sc1nnc(C(C)Oc2ccc(F)cc2)o1)C(=O)NCc1ccccc1Cl. The Morgan fingerprint density at radius 1 is 1.21 bits per heavy atom. The molecule has 0 fully saturated rings. The highest BCUT2D eigenvalue weighted by Crippen LogP contribution is 2.26. The number of carbonyl (C=O) groups is 1. The number of benzene rings is 2. The van der Waals surface area contributed by atoms with Gasteiger partial charge in [-0.25, -0.2) is 4.39 Å². The van der Waals surface area contributed by atoms with Crippen molar-refractivity contribution in [2.24, 2.45) is 0 Å². The van der Waals surface area contributed by atoms with Gasteiger partial charge in [0.1, 0.15) is 11.6 Å². The first-order chi connectivity index (χ1) is 13.9. The van der Waals surface area contributed by atoms with Gasteiger partial charge in [-0.1, -0.05) is 41.6 Å². The molecule has 0 saturated heterocycles. The van der Waals surface area contributed by atoms with E-state index in [1.165, 1.54) is 24.3 Å². The third kappa shape index (κ3) is 5.95. The Morgan fingerprint density at radius 3 is 2.66 bits per heavy atom. The van der Waals surface area contributed by atoms with Gasteiger partial charge in [-0.05, 0) is 49.7 Å². The summed E-state index contributed by atoms with van der Waals surface area (Å²) >= 11 is 7.24. The van der Waals surface area contributed by atoms with Crippen molar-refractivity contribution < 1.29 is 18.3 Å². The van der Waals surface area contributed by atoms with Crippen LogP contribution in [0, 0.1) is 5.82 Å². The number of hydrogen-bond acceptors (Lipinski definition) is 6. The van der Waals surface area contributed by atoms with Gasteiger partial charge in [0, 0.05) is 11.6 Å². The number of aromatic nitrogens is 2. The lowest BCUT2D eigenvalue weighted by Crippen LogP contribution is -2.30. The van der Waals surface area contributed by atoms with E-state index < -0.39 is 11.4 Å². The lowest BCUT2D eigenvalue weighted by Gasteiger charge is -2.11. The summed E-state index contributed by atoms with van der Waals surface area (Å²) in [6.45, 7) is 3.82. The molecule has 1 N–H and O–H groups in total. The van der Waals surface area contributed by atoms with Crippen molar-refractivity contribution in [3.05, 3.63) is 70.8 Å². The molecule has 9 heteroatoms. The quantitative estimate of drug-likeness (QED) is 0.512. The van der Waals surface area contributed by atoms with Gasteiger partial charge in [0.05, 0.1) is 5.25 Å². The molecule has 2 atom stereocenters. The van der Waals surface area contributed by atoms with Crippen molar-refractivity contribution in [1.82, 2.24) is 15.5 Å². The number of halogens is 2. The molecule has 3 rings (SSSR count). The van der Waals surface area contributed by atoms with Crippen LogP contribution in [0.15, 0.2) is 58.2 Å². The maximum absolute atomic E-state index is 13.0. The lowest BCUT2D eigenvalue weighted by atomic mass is 10.2. The van der Waals surface area contributed by atoms with Crippen LogP contribution in [0.5, 0.6) is 5.75 Å². The summed E-state index contributed by atoms with van der Waals surface area (Å²) in [6, 6.07) is 13.0. The van der Waals surface area contributed by atoms with E-state index >= 15 is 0 Å². The number of ether oxygens (including phenoxy) is 1. The second kappa shape index (κ2) is 9.76. The molecule has 0 aliphatic carbocycles. The highest BCUT2D eigenvalue weighted by Gasteiger charge is 2.21. The van der Waals surface area contributed by atoms with Crippen LogP contribution in [0.4, 0.5) is 4.39 Å². The minimum atomic E-state index is -0.522. The van der Waals surface area contributed by atoms with Gasteiger partial charge in [0.15, 0.2) is 6.10 Å². The molecule has 0 spiro atoms. The van der Waals surface area contributed by atoms with Gasteiger partial charge in [-0.15, -0.1) is 10.2 Å². The Labute approximate surface area is 176 Å². The van der Waals surface area contributed by atoms with Gasteiger partial charge in [-0.3, -0.25) is 4.79 Å². The molecule has 0 aliphatic heterocycles. The Kier molecular flexibility index (Phi) is 7.11. The third-order valence-corrected chi connectivity index (χ3v) is 5.26. The fourth-order valence-electron chi connectivity index (χ4n) is 2.37. The van der Waals surface area contributed by atoms with E-state index in [2.05, 4.69) is 15.5 Å². The largest absolute Gasteiger partial charge is 0.481 e. The molecule has 2 unspecified atom stereocenters. The van der Waals surface area contributed by atoms with E-state index in [0.29, 0.717) is 17.3 Å². The van der Waals surface area contributed by atoms with Crippen molar-refractivity contribution in [1.29, 1.82) is 0 Å². The highest BCUT2D eigenvalue weighted by atomic mass is 35.5. The summed E-state index contributed by atoms with van der Waals surface area (Å²) in [5.41, 5.74) is 0.839. The second-order valence-electron chi connectivity index (χ2n) is 6.19. The monoisotopic (exact) mass is 435 g/mol. The van der Waals surface area contributed by atoms with Crippen LogP contribution in [0.2, 0.25) is 5.02 Å². The van der Waals surface area contributed by atoms with Crippen LogP contribution in [-0.2, 0) is 11.3 Å². The zero-order chi connectivity index (χ0) is 20.8. The van der Waals surface area contributed by atoms with E-state index in [1.807, 2.05) is 18.2 Å². The molecule has 152 valence electrons. The summed E-state index contributed by atoms with van der Waals surface area (Å²) in [5.74, 6) is 0.229. The van der Waals surface area contributed by atoms with Gasteiger partial charge < -0.3 is 14.5 Å². The number of hydrogen-bond donors (Lipinski definition) is 1. The second-order valence-corrected chi connectivity index (χ2v) is 7.89. The van der Waals surface area contributed by atoms with Crippen LogP contribution in [0.25, 0.3) is 0 Å². The zero-order valence-corrected chi connectivity index (χ0v) is 17.3. The predicted molar refractivity (Wildman–Crippen MR) is 108 cm³/mol. The molecule has 2 aromatic carbocycles. The maximum atomic E-state index is 13.0. The van der Waals surface area contributed by atoms with Crippen molar-refractivity contribution in [3.63, 3.8) is 0 Å². The van der Waals surface area contributed by atoms with E-state index in [1.54, 1.807) is 19.9 Å². The van der Waals surface area contributed by atoms with Crippen molar-refractivity contribution >= 4 is 29.3 Å². The molecule has 29 heavy (non-hydrogen) atoms. The van der Waals surface area contributed by atoms with Crippen LogP contribution < -0.4 is 10.1 Å². The van der Waals surface area contributed by atoms with Crippen LogP contribution in [0.1, 0.15) is 31.4 Å². The maximum Gasteiger partial charge on any atom is 0.277 e. The van der Waals surface area contributed by atoms with Gasteiger partial charge in [0.25, 0.3) is 11.1 Å². The molecule has 0 radical (unpaired) electrons. The molecule has 6 nitrogen and oxygen atoms in total. The highest BCUT2D eigenvalue weighted by molar-refractivity contribution is 8.00. The predicted octanol–water partition coefficient (Wildman–Crippen LogP) is 4.80. The molecule has 3 aromatic rings. The number of thioether (sulfide) groups is 1. The summed E-state index contributed by atoms with van der Waals surface area (Å²) in [4.78, 5) is 12.3. The Hall–Kier alpha value is -2.58. The van der Waals surface area contributed by atoms with E-state index in [0.717, 1.165) is 17.3 Å². The molecule has 0 saturated carbocycles. The average Bonchev–Trinajstić information content (AvgIpc) is 3.17. The Balaban J connectivity index is 1.52. The summed E-state index contributed by atoms with van der Waals surface area (Å²) in [7, 11) is 0. The topological polar surface area (TPSA) is 77.2 Å². The first-order valence-corrected chi connectivity index (χ1v) is 10.1. The van der Waals surface area contributed by atoms with Crippen molar-refractivity contribution in [2.45, 2.75) is 37.0 Å². The minimum absolute atomic E-state index is 0.176. The number of amides is 1. The summed E-state index contributed by atoms with van der Waals surface area (Å²) < 4.78 is 24.2. The number of carbonyl (C=O) groups excluding carboxylic acids is 1. The van der Waals surface area contributed by atoms with E-state index in [4.69, 9.17) is 20.8 Å². The fourth-order valence-corrected chi connectivity index (χ4v) is 3.29. The van der Waals surface area contributed by atoms with Gasteiger partial charge in [-0.2, -0.15) is 0 Å². The first-order valence-electron chi connectivity index (χ1n) is 8.86. The normalized spacial score (nSPS) is 13.0. The van der Waals surface area contributed by atoms with Crippen LogP contribution in [0.3, 0.4) is 0 Å². The Bertz CT molecular complexity index is 968. The van der Waals surface area contributed by atoms with Crippen molar-refractivity contribution in [2.75, 3.05) is 0 Å². The third-order valence-electron chi connectivity index (χ3n) is 3.95. The van der Waals surface area contributed by atoms with Crippen molar-refractivity contribution in [3.8, 4) is 5.75 Å². The smallest absolute Gasteiger partial charge is 0.277 e. The van der Waals surface area contributed by atoms with Gasteiger partial charge in [0.2, 0.25) is 5.91 Å². The standard InChI is InChI=1S/C20H19ClFN3O3S/c1-12(27-16-9-7-15(22)8-10-16)19-24-25-20(28-19)29-13(2)18(26)23-11-14-5-3-4-6-17(14)21/h3-10,12-13H,11H2,1-2H3,(H,23,26). The van der Waals surface area contributed by atoms with E-state index in [9.17, 15) is 9.18 Å². The first kappa shape index (κ1) is 21.1. The number of nitrogens with one attached hydrogen (secondary N) is 1. The Morgan fingerprint density at radius 2 is 1.93 bits per heavy atom. The molecule has 0 bridgehead atoms. The molecule has 1 amide bonds. The van der Waals surface area contributed by atoms with E-state index in [-0.39, 0.29) is 22.8 Å². The molecular weight excluding hydrogens is 417 g/mol.